The Morgan fingerprint density at radius 1 is 1.38 bits per heavy atom. The molecule has 0 saturated heterocycles. The van der Waals surface area contributed by atoms with Crippen molar-refractivity contribution in [1.82, 2.24) is 5.32 Å². The van der Waals surface area contributed by atoms with Crippen LogP contribution in [0.15, 0.2) is 11.6 Å². The van der Waals surface area contributed by atoms with Crippen molar-refractivity contribution in [3.63, 3.8) is 0 Å². The Labute approximate surface area is 81.0 Å². The Balaban J connectivity index is 2.43. The molecular formula is C11H21NO. The molecule has 0 bridgehead atoms. The molecule has 2 nitrogen and oxygen atoms in total. The first-order chi connectivity index (χ1) is 6.34. The molecule has 0 aromatic heterocycles. The molecule has 0 heterocycles. The largest absolute Gasteiger partial charge is 0.387 e. The van der Waals surface area contributed by atoms with Crippen molar-refractivity contribution in [1.29, 1.82) is 0 Å². The first-order valence-corrected chi connectivity index (χ1v) is 5.36. The molecular weight excluding hydrogens is 162 g/mol. The van der Waals surface area contributed by atoms with Crippen LogP contribution in [0.5, 0.6) is 0 Å². The van der Waals surface area contributed by atoms with E-state index in [0.29, 0.717) is 6.54 Å². The van der Waals surface area contributed by atoms with Gasteiger partial charge in [-0.25, -0.2) is 0 Å². The number of hydrogen-bond acceptors (Lipinski definition) is 2. The van der Waals surface area contributed by atoms with Gasteiger partial charge in [-0.3, -0.25) is 0 Å². The summed E-state index contributed by atoms with van der Waals surface area (Å²) in [5.74, 6) is 0. The van der Waals surface area contributed by atoms with E-state index in [9.17, 15) is 5.11 Å². The second-order valence-electron chi connectivity index (χ2n) is 3.81. The van der Waals surface area contributed by atoms with Crippen molar-refractivity contribution >= 4 is 0 Å². The molecule has 2 N–H and O–H groups in total. The fourth-order valence-electron chi connectivity index (χ4n) is 1.84. The Kier molecular flexibility index (Phi) is 5.09. The van der Waals surface area contributed by atoms with Crippen molar-refractivity contribution in [3.05, 3.63) is 11.6 Å². The van der Waals surface area contributed by atoms with Crippen molar-refractivity contribution in [2.75, 3.05) is 13.6 Å². The number of aliphatic hydroxyl groups is 1. The molecule has 1 aliphatic carbocycles. The van der Waals surface area contributed by atoms with Crippen LogP contribution >= 0.6 is 0 Å². The minimum Gasteiger partial charge on any atom is -0.387 e. The van der Waals surface area contributed by atoms with Gasteiger partial charge < -0.3 is 10.4 Å². The van der Waals surface area contributed by atoms with Gasteiger partial charge in [0.2, 0.25) is 0 Å². The molecule has 76 valence electrons. The van der Waals surface area contributed by atoms with E-state index in [1.165, 1.54) is 31.3 Å². The van der Waals surface area contributed by atoms with E-state index in [-0.39, 0.29) is 6.10 Å². The van der Waals surface area contributed by atoms with E-state index in [2.05, 4.69) is 11.4 Å². The summed E-state index contributed by atoms with van der Waals surface area (Å²) in [7, 11) is 1.88. The third-order valence-corrected chi connectivity index (χ3v) is 2.65. The first kappa shape index (κ1) is 10.7. The fraction of sp³-hybridized carbons (Fsp3) is 0.818. The van der Waals surface area contributed by atoms with E-state index in [4.69, 9.17) is 0 Å². The molecule has 0 aromatic rings. The van der Waals surface area contributed by atoms with Crippen molar-refractivity contribution in [2.24, 2.45) is 0 Å². The van der Waals surface area contributed by atoms with E-state index in [1.54, 1.807) is 0 Å². The Hall–Kier alpha value is -0.340. The van der Waals surface area contributed by atoms with Gasteiger partial charge in [0.1, 0.15) is 0 Å². The maximum Gasteiger partial charge on any atom is 0.0874 e. The van der Waals surface area contributed by atoms with Crippen LogP contribution in [-0.2, 0) is 0 Å². The van der Waals surface area contributed by atoms with Crippen LogP contribution < -0.4 is 5.32 Å². The summed E-state index contributed by atoms with van der Waals surface area (Å²) in [5.41, 5.74) is 1.24. The number of nitrogens with one attached hydrogen (secondary N) is 1. The summed E-state index contributed by atoms with van der Waals surface area (Å²) in [6.07, 6.45) is 9.42. The van der Waals surface area contributed by atoms with Crippen LogP contribution in [0.2, 0.25) is 0 Å². The number of rotatable bonds is 3. The molecule has 0 spiro atoms. The van der Waals surface area contributed by atoms with Gasteiger partial charge in [0.15, 0.2) is 0 Å². The lowest BCUT2D eigenvalue weighted by Gasteiger charge is -2.16. The smallest absolute Gasteiger partial charge is 0.0874 e. The van der Waals surface area contributed by atoms with E-state index >= 15 is 0 Å². The van der Waals surface area contributed by atoms with Crippen molar-refractivity contribution in [2.45, 2.75) is 44.6 Å². The SMILES string of the molecule is CNCC(O)C1=CCCCCCC1. The van der Waals surface area contributed by atoms with Crippen molar-refractivity contribution < 1.29 is 5.11 Å². The molecule has 0 radical (unpaired) electrons. The van der Waals surface area contributed by atoms with Gasteiger partial charge in [0.25, 0.3) is 0 Å². The maximum absolute atomic E-state index is 9.76. The Bertz CT molecular complexity index is 165. The molecule has 1 unspecified atom stereocenters. The summed E-state index contributed by atoms with van der Waals surface area (Å²) < 4.78 is 0. The molecule has 0 fully saturated rings. The average molecular weight is 183 g/mol. The molecule has 0 aliphatic heterocycles. The molecule has 2 heteroatoms. The van der Waals surface area contributed by atoms with Crippen LogP contribution in [-0.4, -0.2) is 24.8 Å². The molecule has 0 aromatic carbocycles. The third-order valence-electron chi connectivity index (χ3n) is 2.65. The van der Waals surface area contributed by atoms with E-state index in [0.717, 1.165) is 12.8 Å². The topological polar surface area (TPSA) is 32.3 Å². The summed E-state index contributed by atoms with van der Waals surface area (Å²) in [6, 6.07) is 0. The molecule has 13 heavy (non-hydrogen) atoms. The Morgan fingerprint density at radius 3 is 2.92 bits per heavy atom. The second kappa shape index (κ2) is 6.17. The van der Waals surface area contributed by atoms with Gasteiger partial charge >= 0.3 is 0 Å². The normalized spacial score (nSPS) is 21.5. The zero-order valence-corrected chi connectivity index (χ0v) is 8.55. The van der Waals surface area contributed by atoms with Gasteiger partial charge in [0, 0.05) is 6.54 Å². The molecule has 0 amide bonds. The number of aliphatic hydroxyl groups excluding tert-OH is 1. The van der Waals surface area contributed by atoms with Gasteiger partial charge in [-0.2, -0.15) is 0 Å². The number of likely N-dealkylation sites (N-methyl/N-ethyl adjacent to an activating group) is 1. The summed E-state index contributed by atoms with van der Waals surface area (Å²) in [5, 5.41) is 12.8. The molecule has 1 aliphatic rings. The van der Waals surface area contributed by atoms with Crippen LogP contribution in [0.1, 0.15) is 38.5 Å². The zero-order chi connectivity index (χ0) is 9.52. The summed E-state index contributed by atoms with van der Waals surface area (Å²) in [4.78, 5) is 0. The Morgan fingerprint density at radius 2 is 2.15 bits per heavy atom. The highest BCUT2D eigenvalue weighted by Gasteiger charge is 2.10. The third kappa shape index (κ3) is 3.92. The molecule has 0 saturated carbocycles. The van der Waals surface area contributed by atoms with Crippen LogP contribution in [0.4, 0.5) is 0 Å². The van der Waals surface area contributed by atoms with Gasteiger partial charge in [-0.15, -0.1) is 0 Å². The van der Waals surface area contributed by atoms with Gasteiger partial charge in [0.05, 0.1) is 6.10 Å². The lowest BCUT2D eigenvalue weighted by molar-refractivity contribution is 0.204. The standard InChI is InChI=1S/C11H21NO/c1-12-9-11(13)10-7-5-3-2-4-6-8-10/h7,11-13H,2-6,8-9H2,1H3. The zero-order valence-electron chi connectivity index (χ0n) is 8.55. The van der Waals surface area contributed by atoms with Crippen LogP contribution in [0.3, 0.4) is 0 Å². The molecule has 1 atom stereocenters. The fourth-order valence-corrected chi connectivity index (χ4v) is 1.84. The minimum absolute atomic E-state index is 0.261. The van der Waals surface area contributed by atoms with Crippen LogP contribution in [0.25, 0.3) is 0 Å². The average Bonchev–Trinajstić information content (AvgIpc) is 2.03. The number of hydrogen-bond donors (Lipinski definition) is 2. The predicted octanol–water partition coefficient (Wildman–Crippen LogP) is 1.85. The monoisotopic (exact) mass is 183 g/mol. The van der Waals surface area contributed by atoms with E-state index < -0.39 is 0 Å². The number of allylic oxidation sites excluding steroid dienone is 1. The molecule has 1 rings (SSSR count). The second-order valence-corrected chi connectivity index (χ2v) is 3.81. The lowest BCUT2D eigenvalue weighted by atomic mass is 9.96. The van der Waals surface area contributed by atoms with Crippen LogP contribution in [0, 0.1) is 0 Å². The summed E-state index contributed by atoms with van der Waals surface area (Å²) >= 11 is 0. The lowest BCUT2D eigenvalue weighted by Crippen LogP contribution is -2.25. The van der Waals surface area contributed by atoms with Crippen molar-refractivity contribution in [3.8, 4) is 0 Å². The highest BCUT2D eigenvalue weighted by atomic mass is 16.3. The maximum atomic E-state index is 9.76. The highest BCUT2D eigenvalue weighted by molar-refractivity contribution is 5.09. The summed E-state index contributed by atoms with van der Waals surface area (Å²) in [6.45, 7) is 0.686. The quantitative estimate of drug-likeness (QED) is 0.654. The minimum atomic E-state index is -0.261. The first-order valence-electron chi connectivity index (χ1n) is 5.36. The predicted molar refractivity (Wildman–Crippen MR) is 55.7 cm³/mol. The highest BCUT2D eigenvalue weighted by Crippen LogP contribution is 2.19. The van der Waals surface area contributed by atoms with Gasteiger partial charge in [-0.1, -0.05) is 18.9 Å². The van der Waals surface area contributed by atoms with E-state index in [1.807, 2.05) is 7.05 Å². The van der Waals surface area contributed by atoms with Gasteiger partial charge in [-0.05, 0) is 38.3 Å².